The van der Waals surface area contributed by atoms with Crippen LogP contribution in [0.2, 0.25) is 0 Å². The molecule has 0 aliphatic carbocycles. The van der Waals surface area contributed by atoms with E-state index in [9.17, 15) is 4.79 Å². The molecule has 1 amide bonds. The van der Waals surface area contributed by atoms with Crippen LogP contribution in [-0.2, 0) is 4.79 Å². The van der Waals surface area contributed by atoms with Gasteiger partial charge in [0, 0.05) is 18.2 Å². The number of amides is 1. The van der Waals surface area contributed by atoms with Crippen molar-refractivity contribution >= 4 is 24.0 Å². The van der Waals surface area contributed by atoms with E-state index in [4.69, 9.17) is 4.74 Å². The maximum absolute atomic E-state index is 11.8. The van der Waals surface area contributed by atoms with Gasteiger partial charge >= 0.3 is 0 Å². The molecule has 0 bridgehead atoms. The van der Waals surface area contributed by atoms with Gasteiger partial charge in [0.05, 0.1) is 7.11 Å². The van der Waals surface area contributed by atoms with Crippen molar-refractivity contribution < 1.29 is 9.53 Å². The minimum Gasteiger partial charge on any atom is -0.497 e. The molecule has 2 N–H and O–H groups in total. The average molecular weight is 273 g/mol. The van der Waals surface area contributed by atoms with Crippen molar-refractivity contribution in [3.8, 4) is 5.75 Å². The summed E-state index contributed by atoms with van der Waals surface area (Å²) in [5.74, 6) is 0.762. The second kappa shape index (κ2) is 7.95. The lowest BCUT2D eigenvalue weighted by Gasteiger charge is -2.13. The lowest BCUT2D eigenvalue weighted by molar-refractivity contribution is -0.119. The second-order valence-corrected chi connectivity index (χ2v) is 4.13. The molecular weight excluding hydrogens is 252 g/mol. The topological polar surface area (TPSA) is 50.4 Å². The fourth-order valence-electron chi connectivity index (χ4n) is 1.56. The highest BCUT2D eigenvalue weighted by molar-refractivity contribution is 5.93. The maximum Gasteiger partial charge on any atom is 0.228 e. The van der Waals surface area contributed by atoms with E-state index >= 15 is 0 Å². The van der Waals surface area contributed by atoms with Gasteiger partial charge in [-0.3, -0.25) is 4.79 Å². The molecule has 0 aliphatic heterocycles. The van der Waals surface area contributed by atoms with Crippen LogP contribution in [0.3, 0.4) is 0 Å². The number of nitrogens with one attached hydrogen (secondary N) is 2. The van der Waals surface area contributed by atoms with Crippen LogP contribution in [0.5, 0.6) is 5.75 Å². The zero-order chi connectivity index (χ0) is 12.8. The van der Waals surface area contributed by atoms with E-state index in [0.717, 1.165) is 17.0 Å². The fourth-order valence-corrected chi connectivity index (χ4v) is 1.56. The van der Waals surface area contributed by atoms with Gasteiger partial charge < -0.3 is 15.4 Å². The number of rotatable bonds is 5. The first-order valence-corrected chi connectivity index (χ1v) is 5.68. The van der Waals surface area contributed by atoms with Crippen molar-refractivity contribution in [1.29, 1.82) is 0 Å². The van der Waals surface area contributed by atoms with Crippen molar-refractivity contribution in [2.24, 2.45) is 5.92 Å². The van der Waals surface area contributed by atoms with E-state index in [1.165, 1.54) is 0 Å². The number of benzene rings is 1. The van der Waals surface area contributed by atoms with E-state index in [2.05, 4.69) is 10.6 Å². The number of aryl methyl sites for hydroxylation is 1. The van der Waals surface area contributed by atoms with Crippen LogP contribution in [0.25, 0.3) is 0 Å². The Bertz CT molecular complexity index is 397. The molecule has 0 aromatic heterocycles. The first kappa shape index (κ1) is 16.7. The largest absolute Gasteiger partial charge is 0.497 e. The Hall–Kier alpha value is -1.26. The molecule has 0 radical (unpaired) electrons. The molecule has 1 atom stereocenters. The van der Waals surface area contributed by atoms with Crippen LogP contribution in [-0.4, -0.2) is 26.6 Å². The van der Waals surface area contributed by atoms with Crippen molar-refractivity contribution in [3.05, 3.63) is 23.8 Å². The third kappa shape index (κ3) is 4.55. The molecular formula is C13H21ClN2O2. The molecule has 1 rings (SSSR count). The number of anilines is 1. The summed E-state index contributed by atoms with van der Waals surface area (Å²) in [6.07, 6.45) is 0. The highest BCUT2D eigenvalue weighted by Gasteiger charge is 2.12. The Kier molecular flexibility index (Phi) is 7.39. The highest BCUT2D eigenvalue weighted by Crippen LogP contribution is 2.21. The minimum absolute atomic E-state index is 0. The molecule has 5 heteroatoms. The maximum atomic E-state index is 11.8. The number of carbonyl (C=O) groups excluding carboxylic acids is 1. The molecule has 1 aromatic rings. The van der Waals surface area contributed by atoms with Gasteiger partial charge in [0.1, 0.15) is 5.75 Å². The monoisotopic (exact) mass is 272 g/mol. The molecule has 18 heavy (non-hydrogen) atoms. The van der Waals surface area contributed by atoms with E-state index in [1.54, 1.807) is 7.11 Å². The van der Waals surface area contributed by atoms with Gasteiger partial charge in [-0.1, -0.05) is 6.92 Å². The Morgan fingerprint density at radius 1 is 1.44 bits per heavy atom. The summed E-state index contributed by atoms with van der Waals surface area (Å²) in [6.45, 7) is 4.51. The Morgan fingerprint density at radius 2 is 2.11 bits per heavy atom. The quantitative estimate of drug-likeness (QED) is 0.864. The molecule has 4 nitrogen and oxygen atoms in total. The number of carbonyl (C=O) groups is 1. The fraction of sp³-hybridized carbons (Fsp3) is 0.462. The van der Waals surface area contributed by atoms with Crippen LogP contribution in [0, 0.1) is 12.8 Å². The van der Waals surface area contributed by atoms with Crippen molar-refractivity contribution in [3.63, 3.8) is 0 Å². The smallest absolute Gasteiger partial charge is 0.228 e. The average Bonchev–Trinajstić information content (AvgIpc) is 2.31. The van der Waals surface area contributed by atoms with E-state index in [0.29, 0.717) is 6.54 Å². The van der Waals surface area contributed by atoms with Crippen LogP contribution < -0.4 is 15.4 Å². The number of hydrogen-bond donors (Lipinski definition) is 2. The molecule has 0 aliphatic rings. The van der Waals surface area contributed by atoms with Gasteiger partial charge in [0.2, 0.25) is 5.91 Å². The minimum atomic E-state index is -0.0542. The predicted octanol–water partition coefficient (Wildman–Crippen LogP) is 2.22. The summed E-state index contributed by atoms with van der Waals surface area (Å²) in [5, 5.41) is 5.90. The lowest BCUT2D eigenvalue weighted by Crippen LogP contribution is -2.28. The van der Waals surface area contributed by atoms with Gasteiger partial charge in [-0.15, -0.1) is 12.4 Å². The molecule has 1 aromatic carbocycles. The number of ether oxygens (including phenoxy) is 1. The van der Waals surface area contributed by atoms with Crippen molar-refractivity contribution in [2.75, 3.05) is 26.0 Å². The zero-order valence-corrected chi connectivity index (χ0v) is 12.1. The Labute approximate surface area is 115 Å². The summed E-state index contributed by atoms with van der Waals surface area (Å²) in [6, 6.07) is 5.60. The third-order valence-corrected chi connectivity index (χ3v) is 2.65. The molecule has 102 valence electrons. The van der Waals surface area contributed by atoms with Crippen LogP contribution in [0.4, 0.5) is 5.69 Å². The highest BCUT2D eigenvalue weighted by atomic mass is 35.5. The Morgan fingerprint density at radius 3 is 2.61 bits per heavy atom. The lowest BCUT2D eigenvalue weighted by atomic mass is 10.1. The summed E-state index contributed by atoms with van der Waals surface area (Å²) < 4.78 is 5.12. The molecule has 0 fully saturated rings. The van der Waals surface area contributed by atoms with Crippen molar-refractivity contribution in [1.82, 2.24) is 5.32 Å². The zero-order valence-electron chi connectivity index (χ0n) is 11.2. The standard InChI is InChI=1S/C13H20N2O2.ClH/c1-9-7-11(17-4)5-6-12(9)15-13(16)10(2)8-14-3;/h5-7,10,14H,8H2,1-4H3,(H,15,16);1H. The third-order valence-electron chi connectivity index (χ3n) is 2.65. The summed E-state index contributed by atoms with van der Waals surface area (Å²) in [7, 11) is 3.46. The van der Waals surface area contributed by atoms with Crippen LogP contribution in [0.1, 0.15) is 12.5 Å². The summed E-state index contributed by atoms with van der Waals surface area (Å²) in [4.78, 5) is 11.8. The van der Waals surface area contributed by atoms with Gasteiger partial charge in [0.15, 0.2) is 0 Å². The second-order valence-electron chi connectivity index (χ2n) is 4.13. The predicted molar refractivity (Wildman–Crippen MR) is 76.7 cm³/mol. The number of hydrogen-bond acceptors (Lipinski definition) is 3. The number of halogens is 1. The van der Waals surface area contributed by atoms with E-state index < -0.39 is 0 Å². The normalized spacial score (nSPS) is 11.3. The first-order valence-electron chi connectivity index (χ1n) is 5.68. The molecule has 0 saturated carbocycles. The van der Waals surface area contributed by atoms with Crippen molar-refractivity contribution in [2.45, 2.75) is 13.8 Å². The molecule has 1 unspecified atom stereocenters. The van der Waals surface area contributed by atoms with Gasteiger partial charge in [-0.05, 0) is 37.7 Å². The number of methoxy groups -OCH3 is 1. The molecule has 0 heterocycles. The molecule has 0 saturated heterocycles. The van der Waals surface area contributed by atoms with E-state index in [1.807, 2.05) is 39.1 Å². The summed E-state index contributed by atoms with van der Waals surface area (Å²) >= 11 is 0. The van der Waals surface area contributed by atoms with Gasteiger partial charge in [-0.2, -0.15) is 0 Å². The SMILES string of the molecule is CNCC(C)C(=O)Nc1ccc(OC)cc1C.Cl. The van der Waals surface area contributed by atoms with Gasteiger partial charge in [-0.25, -0.2) is 0 Å². The van der Waals surface area contributed by atoms with Gasteiger partial charge in [0.25, 0.3) is 0 Å². The first-order chi connectivity index (χ1) is 8.08. The van der Waals surface area contributed by atoms with Crippen LogP contribution >= 0.6 is 12.4 Å². The Balaban J connectivity index is 0.00000289. The molecule has 0 spiro atoms. The summed E-state index contributed by atoms with van der Waals surface area (Å²) in [5.41, 5.74) is 1.83. The van der Waals surface area contributed by atoms with Crippen LogP contribution in [0.15, 0.2) is 18.2 Å². The van der Waals surface area contributed by atoms with E-state index in [-0.39, 0.29) is 24.2 Å².